The summed E-state index contributed by atoms with van der Waals surface area (Å²) in [5, 5.41) is 12.1. The fourth-order valence-electron chi connectivity index (χ4n) is 3.06. The van der Waals surface area contributed by atoms with Crippen molar-refractivity contribution in [1.82, 2.24) is 15.5 Å². The second-order valence-corrected chi connectivity index (χ2v) is 8.09. The summed E-state index contributed by atoms with van der Waals surface area (Å²) in [4.78, 5) is 14.5. The van der Waals surface area contributed by atoms with Gasteiger partial charge in [-0.05, 0) is 62.7 Å². The van der Waals surface area contributed by atoms with Crippen molar-refractivity contribution >= 4 is 35.0 Å². The van der Waals surface area contributed by atoms with E-state index in [1.807, 2.05) is 49.4 Å². The fourth-order valence-corrected chi connectivity index (χ4v) is 3.83. The van der Waals surface area contributed by atoms with E-state index < -0.39 is 0 Å². The second-order valence-electron chi connectivity index (χ2n) is 6.73. The average Bonchev–Trinajstić information content (AvgIpc) is 3.23. The largest absolute Gasteiger partial charge is 0.411 e. The maximum absolute atomic E-state index is 12.3. The van der Waals surface area contributed by atoms with Crippen LogP contribution in [0.3, 0.4) is 0 Å². The minimum atomic E-state index is -0.139. The first-order valence-corrected chi connectivity index (χ1v) is 11.2. The maximum Gasteiger partial charge on any atom is 0.277 e. The zero-order chi connectivity index (χ0) is 21.5. The molecular formula is C22H25ClN4O2S. The van der Waals surface area contributed by atoms with Crippen molar-refractivity contribution < 1.29 is 9.21 Å². The van der Waals surface area contributed by atoms with Crippen LogP contribution in [0, 0.1) is 0 Å². The molecule has 6 nitrogen and oxygen atoms in total. The second kappa shape index (κ2) is 10.5. The minimum absolute atomic E-state index is 0.115. The summed E-state index contributed by atoms with van der Waals surface area (Å²) in [5.41, 5.74) is 2.96. The number of carbonyl (C=O) groups is 1. The summed E-state index contributed by atoms with van der Waals surface area (Å²) >= 11 is 7.22. The number of halogens is 1. The lowest BCUT2D eigenvalue weighted by atomic mass is 10.1. The van der Waals surface area contributed by atoms with Gasteiger partial charge in [-0.25, -0.2) is 0 Å². The van der Waals surface area contributed by atoms with E-state index in [2.05, 4.69) is 34.3 Å². The van der Waals surface area contributed by atoms with Gasteiger partial charge in [0.2, 0.25) is 11.8 Å². The number of thioether (sulfide) groups is 1. The van der Waals surface area contributed by atoms with E-state index in [-0.39, 0.29) is 17.7 Å². The first-order chi connectivity index (χ1) is 14.5. The molecule has 0 fully saturated rings. The topological polar surface area (TPSA) is 71.3 Å². The molecule has 0 bridgehead atoms. The zero-order valence-corrected chi connectivity index (χ0v) is 18.8. The van der Waals surface area contributed by atoms with E-state index in [4.69, 9.17) is 16.0 Å². The number of rotatable bonds is 9. The SMILES string of the molecule is CCN(CC)c1ccc(-c2nnc(SCC(=O)N[C@@H](C)c3cccc(Cl)c3)o2)cc1. The van der Waals surface area contributed by atoms with Gasteiger partial charge in [-0.3, -0.25) is 4.79 Å². The van der Waals surface area contributed by atoms with Gasteiger partial charge in [0.15, 0.2) is 0 Å². The summed E-state index contributed by atoms with van der Waals surface area (Å²) in [6, 6.07) is 15.3. The van der Waals surface area contributed by atoms with Crippen molar-refractivity contribution in [2.24, 2.45) is 0 Å². The van der Waals surface area contributed by atoms with Crippen LogP contribution >= 0.6 is 23.4 Å². The minimum Gasteiger partial charge on any atom is -0.411 e. The number of benzene rings is 2. The Hall–Kier alpha value is -2.51. The molecule has 1 amide bonds. The van der Waals surface area contributed by atoms with Crippen LogP contribution in [-0.2, 0) is 4.79 Å². The van der Waals surface area contributed by atoms with Crippen LogP contribution in [0.1, 0.15) is 32.4 Å². The molecule has 3 rings (SSSR count). The lowest BCUT2D eigenvalue weighted by Gasteiger charge is -2.20. The van der Waals surface area contributed by atoms with Crippen molar-refractivity contribution in [2.75, 3.05) is 23.7 Å². The van der Waals surface area contributed by atoms with Crippen molar-refractivity contribution in [2.45, 2.75) is 32.0 Å². The smallest absolute Gasteiger partial charge is 0.277 e. The normalized spacial score (nSPS) is 11.9. The molecule has 0 saturated carbocycles. The number of anilines is 1. The molecule has 158 valence electrons. The Kier molecular flexibility index (Phi) is 7.76. The summed E-state index contributed by atoms with van der Waals surface area (Å²) in [6.45, 7) is 8.08. The first-order valence-electron chi connectivity index (χ1n) is 9.86. The quantitative estimate of drug-likeness (QED) is 0.457. The highest BCUT2D eigenvalue weighted by Gasteiger charge is 2.14. The average molecular weight is 445 g/mol. The van der Waals surface area contributed by atoms with Gasteiger partial charge in [-0.1, -0.05) is 35.5 Å². The van der Waals surface area contributed by atoms with Gasteiger partial charge in [-0.2, -0.15) is 0 Å². The third-order valence-electron chi connectivity index (χ3n) is 4.70. The van der Waals surface area contributed by atoms with Gasteiger partial charge in [0, 0.05) is 29.4 Å². The number of nitrogens with zero attached hydrogens (tertiary/aromatic N) is 3. The summed E-state index contributed by atoms with van der Waals surface area (Å²) in [7, 11) is 0. The lowest BCUT2D eigenvalue weighted by molar-refractivity contribution is -0.119. The first kappa shape index (κ1) is 22.2. The van der Waals surface area contributed by atoms with Gasteiger partial charge >= 0.3 is 0 Å². The number of hydrogen-bond acceptors (Lipinski definition) is 6. The molecule has 1 atom stereocenters. The monoisotopic (exact) mass is 444 g/mol. The number of hydrogen-bond donors (Lipinski definition) is 1. The van der Waals surface area contributed by atoms with Crippen molar-refractivity contribution in [1.29, 1.82) is 0 Å². The van der Waals surface area contributed by atoms with Gasteiger partial charge in [0.25, 0.3) is 5.22 Å². The van der Waals surface area contributed by atoms with Crippen LogP contribution in [0.5, 0.6) is 0 Å². The molecule has 0 spiro atoms. The Morgan fingerprint density at radius 2 is 1.90 bits per heavy atom. The predicted molar refractivity (Wildman–Crippen MR) is 122 cm³/mol. The molecule has 1 N–H and O–H groups in total. The highest BCUT2D eigenvalue weighted by atomic mass is 35.5. The predicted octanol–water partition coefficient (Wildman–Crippen LogP) is 5.21. The van der Waals surface area contributed by atoms with Crippen molar-refractivity contribution in [3.05, 3.63) is 59.1 Å². The molecule has 0 saturated heterocycles. The van der Waals surface area contributed by atoms with Crippen LogP contribution in [-0.4, -0.2) is 34.9 Å². The lowest BCUT2D eigenvalue weighted by Crippen LogP contribution is -2.28. The molecule has 3 aromatic rings. The molecule has 2 aromatic carbocycles. The van der Waals surface area contributed by atoms with Crippen LogP contribution in [0.4, 0.5) is 5.69 Å². The Morgan fingerprint density at radius 3 is 2.57 bits per heavy atom. The molecule has 0 radical (unpaired) electrons. The zero-order valence-electron chi connectivity index (χ0n) is 17.3. The Bertz CT molecular complexity index is 973. The highest BCUT2D eigenvalue weighted by Crippen LogP contribution is 2.25. The molecule has 30 heavy (non-hydrogen) atoms. The molecule has 1 heterocycles. The Labute approximate surface area is 186 Å². The van der Waals surface area contributed by atoms with Gasteiger partial charge < -0.3 is 14.6 Å². The number of aromatic nitrogens is 2. The molecule has 8 heteroatoms. The van der Waals surface area contributed by atoms with E-state index in [1.165, 1.54) is 11.8 Å². The number of nitrogens with one attached hydrogen (secondary N) is 1. The van der Waals surface area contributed by atoms with E-state index in [0.29, 0.717) is 16.1 Å². The van der Waals surface area contributed by atoms with E-state index in [1.54, 1.807) is 6.07 Å². The Balaban J connectivity index is 1.54. The summed E-state index contributed by atoms with van der Waals surface area (Å²) in [5.74, 6) is 0.514. The molecule has 0 aliphatic carbocycles. The summed E-state index contributed by atoms with van der Waals surface area (Å²) in [6.07, 6.45) is 0. The third kappa shape index (κ3) is 5.77. The van der Waals surface area contributed by atoms with Crippen molar-refractivity contribution in [3.63, 3.8) is 0 Å². The highest BCUT2D eigenvalue weighted by molar-refractivity contribution is 7.99. The van der Waals surface area contributed by atoms with Gasteiger partial charge in [0.05, 0.1) is 11.8 Å². The molecule has 0 unspecified atom stereocenters. The molecule has 0 aliphatic heterocycles. The van der Waals surface area contributed by atoms with Crippen LogP contribution < -0.4 is 10.2 Å². The molecular weight excluding hydrogens is 420 g/mol. The van der Waals surface area contributed by atoms with Crippen LogP contribution in [0.25, 0.3) is 11.5 Å². The number of amides is 1. The van der Waals surface area contributed by atoms with E-state index in [9.17, 15) is 4.79 Å². The van der Waals surface area contributed by atoms with Gasteiger partial charge in [-0.15, -0.1) is 10.2 Å². The summed E-state index contributed by atoms with van der Waals surface area (Å²) < 4.78 is 5.71. The number of carbonyl (C=O) groups excluding carboxylic acids is 1. The van der Waals surface area contributed by atoms with E-state index in [0.717, 1.165) is 29.9 Å². The molecule has 0 aliphatic rings. The van der Waals surface area contributed by atoms with Crippen LogP contribution in [0.15, 0.2) is 58.2 Å². The fraction of sp³-hybridized carbons (Fsp3) is 0.318. The third-order valence-corrected chi connectivity index (χ3v) is 5.76. The van der Waals surface area contributed by atoms with Crippen LogP contribution in [0.2, 0.25) is 5.02 Å². The van der Waals surface area contributed by atoms with Gasteiger partial charge in [0.1, 0.15) is 0 Å². The Morgan fingerprint density at radius 1 is 1.17 bits per heavy atom. The van der Waals surface area contributed by atoms with Crippen molar-refractivity contribution in [3.8, 4) is 11.5 Å². The molecule has 1 aromatic heterocycles. The standard InChI is InChI=1S/C22H25ClN4O2S/c1-4-27(5-2)19-11-9-16(10-12-19)21-25-26-22(29-21)30-14-20(28)24-15(3)17-7-6-8-18(23)13-17/h6-13,15H,4-5,14H2,1-3H3,(H,24,28)/t15-/m0/s1. The maximum atomic E-state index is 12.3. The van der Waals surface area contributed by atoms with E-state index >= 15 is 0 Å².